The van der Waals surface area contributed by atoms with E-state index in [1.54, 1.807) is 30.3 Å². The first-order valence-corrected chi connectivity index (χ1v) is 9.01. The maximum absolute atomic E-state index is 12.5. The van der Waals surface area contributed by atoms with Crippen molar-refractivity contribution in [2.24, 2.45) is 17.4 Å². The van der Waals surface area contributed by atoms with E-state index in [2.05, 4.69) is 10.6 Å². The second kappa shape index (κ2) is 11.0. The lowest BCUT2D eigenvalue weighted by atomic mass is 10.0. The van der Waals surface area contributed by atoms with Crippen LogP contribution in [-0.4, -0.2) is 46.9 Å². The quantitative estimate of drug-likeness (QED) is 0.342. The number of hydrogen-bond acceptors (Lipinski definition) is 5. The summed E-state index contributed by atoms with van der Waals surface area (Å²) < 4.78 is 0. The Morgan fingerprint density at radius 1 is 1.00 bits per heavy atom. The molecule has 7 N–H and O–H groups in total. The van der Waals surface area contributed by atoms with E-state index in [-0.39, 0.29) is 12.3 Å². The van der Waals surface area contributed by atoms with Gasteiger partial charge < -0.3 is 27.2 Å². The van der Waals surface area contributed by atoms with Crippen LogP contribution in [0.3, 0.4) is 0 Å². The monoisotopic (exact) mass is 392 g/mol. The molecule has 3 amide bonds. The van der Waals surface area contributed by atoms with Crippen LogP contribution < -0.4 is 22.1 Å². The molecule has 0 spiro atoms. The molecular weight excluding hydrogens is 364 g/mol. The van der Waals surface area contributed by atoms with E-state index in [9.17, 15) is 19.2 Å². The van der Waals surface area contributed by atoms with Crippen molar-refractivity contribution in [2.75, 3.05) is 0 Å². The molecule has 0 saturated heterocycles. The lowest BCUT2D eigenvalue weighted by molar-refractivity contribution is -0.141. The number of carbonyl (C=O) groups is 4. The van der Waals surface area contributed by atoms with E-state index < -0.39 is 48.2 Å². The van der Waals surface area contributed by atoms with E-state index in [0.29, 0.717) is 6.42 Å². The number of amides is 3. The van der Waals surface area contributed by atoms with Crippen molar-refractivity contribution in [1.82, 2.24) is 10.6 Å². The number of aliphatic carboxylic acids is 1. The van der Waals surface area contributed by atoms with Crippen LogP contribution in [-0.2, 0) is 25.6 Å². The number of carbonyl (C=O) groups excluding carboxylic acids is 3. The van der Waals surface area contributed by atoms with E-state index in [1.807, 2.05) is 13.8 Å². The fraction of sp³-hybridized carbons (Fsp3) is 0.474. The lowest BCUT2D eigenvalue weighted by Crippen LogP contribution is -2.56. The summed E-state index contributed by atoms with van der Waals surface area (Å²) in [6.45, 7) is 3.77. The minimum absolute atomic E-state index is 0.141. The number of primary amides is 1. The average molecular weight is 392 g/mol. The lowest BCUT2D eigenvalue weighted by Gasteiger charge is -2.23. The van der Waals surface area contributed by atoms with Gasteiger partial charge in [-0.1, -0.05) is 44.2 Å². The van der Waals surface area contributed by atoms with Crippen LogP contribution in [0.1, 0.15) is 32.3 Å². The summed E-state index contributed by atoms with van der Waals surface area (Å²) in [4.78, 5) is 47.5. The van der Waals surface area contributed by atoms with Crippen molar-refractivity contribution < 1.29 is 24.3 Å². The maximum atomic E-state index is 12.5. The van der Waals surface area contributed by atoms with Crippen molar-refractivity contribution in [3.8, 4) is 0 Å². The smallest absolute Gasteiger partial charge is 0.305 e. The van der Waals surface area contributed by atoms with Crippen molar-refractivity contribution in [2.45, 2.75) is 51.2 Å². The fourth-order valence-electron chi connectivity index (χ4n) is 2.62. The number of carboxylic acids is 1. The molecule has 0 heterocycles. The molecular formula is C19H28N4O5. The Morgan fingerprint density at radius 3 is 2.07 bits per heavy atom. The SMILES string of the molecule is CC(C)C[C@H](N)C(=O)N[C@@H](CC(=O)O)C(=O)N[C@@H](Cc1ccccc1)C(N)=O. The van der Waals surface area contributed by atoms with Gasteiger partial charge in [-0.25, -0.2) is 0 Å². The van der Waals surface area contributed by atoms with Crippen LogP contribution >= 0.6 is 0 Å². The van der Waals surface area contributed by atoms with Gasteiger partial charge in [-0.15, -0.1) is 0 Å². The molecule has 28 heavy (non-hydrogen) atoms. The van der Waals surface area contributed by atoms with Crippen LogP contribution in [0.25, 0.3) is 0 Å². The second-order valence-electron chi connectivity index (χ2n) is 7.05. The normalized spacial score (nSPS) is 14.0. The highest BCUT2D eigenvalue weighted by atomic mass is 16.4. The number of carboxylic acid groups (broad SMARTS) is 1. The third kappa shape index (κ3) is 8.17. The number of benzene rings is 1. The molecule has 9 heteroatoms. The van der Waals surface area contributed by atoms with Gasteiger partial charge in [-0.2, -0.15) is 0 Å². The van der Waals surface area contributed by atoms with E-state index in [0.717, 1.165) is 5.56 Å². The van der Waals surface area contributed by atoms with Crippen molar-refractivity contribution >= 4 is 23.7 Å². The first kappa shape index (κ1) is 23.1. The number of hydrogen-bond donors (Lipinski definition) is 5. The minimum atomic E-state index is -1.37. The zero-order valence-corrected chi connectivity index (χ0v) is 16.1. The summed E-state index contributed by atoms with van der Waals surface area (Å²) in [5.74, 6) is -3.34. The Hall–Kier alpha value is -2.94. The van der Waals surface area contributed by atoms with E-state index >= 15 is 0 Å². The van der Waals surface area contributed by atoms with Gasteiger partial charge in [0.15, 0.2) is 0 Å². The summed E-state index contributed by atoms with van der Waals surface area (Å²) in [7, 11) is 0. The maximum Gasteiger partial charge on any atom is 0.305 e. The molecule has 0 unspecified atom stereocenters. The summed E-state index contributed by atoms with van der Waals surface area (Å²) in [6.07, 6.45) is -0.129. The Labute approximate surface area is 163 Å². The molecule has 0 radical (unpaired) electrons. The number of rotatable bonds is 11. The zero-order chi connectivity index (χ0) is 21.3. The van der Waals surface area contributed by atoms with Gasteiger partial charge in [0, 0.05) is 6.42 Å². The predicted molar refractivity (Wildman–Crippen MR) is 103 cm³/mol. The summed E-state index contributed by atoms with van der Waals surface area (Å²) in [5.41, 5.74) is 11.9. The van der Waals surface area contributed by atoms with E-state index in [1.165, 1.54) is 0 Å². The summed E-state index contributed by atoms with van der Waals surface area (Å²) >= 11 is 0. The average Bonchev–Trinajstić information content (AvgIpc) is 2.60. The van der Waals surface area contributed by atoms with Gasteiger partial charge in [0.1, 0.15) is 12.1 Å². The third-order valence-corrected chi connectivity index (χ3v) is 4.02. The van der Waals surface area contributed by atoms with E-state index in [4.69, 9.17) is 16.6 Å². The Bertz CT molecular complexity index is 693. The Balaban J connectivity index is 2.84. The highest BCUT2D eigenvalue weighted by Crippen LogP contribution is 2.06. The highest BCUT2D eigenvalue weighted by molar-refractivity contribution is 5.94. The molecule has 0 aromatic heterocycles. The van der Waals surface area contributed by atoms with Crippen LogP contribution in [0.15, 0.2) is 30.3 Å². The van der Waals surface area contributed by atoms with Gasteiger partial charge >= 0.3 is 5.97 Å². The largest absolute Gasteiger partial charge is 0.481 e. The molecule has 0 bridgehead atoms. The molecule has 154 valence electrons. The molecule has 3 atom stereocenters. The molecule has 0 fully saturated rings. The van der Waals surface area contributed by atoms with Crippen molar-refractivity contribution in [3.05, 3.63) is 35.9 Å². The van der Waals surface area contributed by atoms with Crippen LogP contribution in [0, 0.1) is 5.92 Å². The van der Waals surface area contributed by atoms with Gasteiger partial charge in [-0.3, -0.25) is 19.2 Å². The molecule has 0 aliphatic carbocycles. The van der Waals surface area contributed by atoms with Gasteiger partial charge in [0.05, 0.1) is 12.5 Å². The molecule has 1 aromatic carbocycles. The van der Waals surface area contributed by atoms with Crippen molar-refractivity contribution in [3.63, 3.8) is 0 Å². The predicted octanol–water partition coefficient (Wildman–Crippen LogP) is -0.468. The molecule has 0 saturated carbocycles. The standard InChI is InChI=1S/C19H28N4O5/c1-11(2)8-13(20)18(27)23-15(10-16(24)25)19(28)22-14(17(21)26)9-12-6-4-3-5-7-12/h3-7,11,13-15H,8-10,20H2,1-2H3,(H2,21,26)(H,22,28)(H,23,27)(H,24,25)/t13-,14-,15-/m0/s1. The van der Waals surface area contributed by atoms with Gasteiger partial charge in [-0.05, 0) is 17.9 Å². The molecule has 0 aliphatic heterocycles. The molecule has 0 aliphatic rings. The topological polar surface area (TPSA) is 165 Å². The second-order valence-corrected chi connectivity index (χ2v) is 7.05. The molecule has 1 rings (SSSR count). The zero-order valence-electron chi connectivity index (χ0n) is 16.1. The highest BCUT2D eigenvalue weighted by Gasteiger charge is 2.29. The summed E-state index contributed by atoms with van der Waals surface area (Å²) in [5, 5.41) is 13.8. The Morgan fingerprint density at radius 2 is 1.57 bits per heavy atom. The third-order valence-electron chi connectivity index (χ3n) is 4.02. The van der Waals surface area contributed by atoms with Crippen molar-refractivity contribution in [1.29, 1.82) is 0 Å². The minimum Gasteiger partial charge on any atom is -0.481 e. The van der Waals surface area contributed by atoms with Crippen LogP contribution in [0.4, 0.5) is 0 Å². The molecule has 1 aromatic rings. The first-order valence-electron chi connectivity index (χ1n) is 9.01. The fourth-order valence-corrected chi connectivity index (χ4v) is 2.62. The first-order chi connectivity index (χ1) is 13.1. The van der Waals surface area contributed by atoms with Crippen LogP contribution in [0.2, 0.25) is 0 Å². The number of nitrogens with one attached hydrogen (secondary N) is 2. The summed E-state index contributed by atoms with van der Waals surface area (Å²) in [6, 6.07) is 5.60. The van der Waals surface area contributed by atoms with Crippen LogP contribution in [0.5, 0.6) is 0 Å². The Kier molecular flexibility index (Phi) is 9.10. The van der Waals surface area contributed by atoms with Gasteiger partial charge in [0.25, 0.3) is 0 Å². The molecule has 9 nitrogen and oxygen atoms in total. The number of nitrogens with two attached hydrogens (primary N) is 2. The van der Waals surface area contributed by atoms with Gasteiger partial charge in [0.2, 0.25) is 17.7 Å².